The van der Waals surface area contributed by atoms with Gasteiger partial charge in [0.05, 0.1) is 16.0 Å². The standard InChI is InChI=1S/C16H12N4O2S3/c1-7-11-13(22)19-10(20-16(11)25-12(7)8(2)21)5-24-15-9-3-4-23-14(9)17-6-18-15/h3-4,6H,5H2,1-2H3,(H,19,20,22). The zero-order valence-corrected chi connectivity index (χ0v) is 15.8. The Bertz CT molecular complexity index is 1180. The van der Waals surface area contributed by atoms with E-state index < -0.39 is 0 Å². The van der Waals surface area contributed by atoms with Crippen molar-refractivity contribution < 1.29 is 4.79 Å². The largest absolute Gasteiger partial charge is 0.309 e. The Labute approximate surface area is 154 Å². The average molecular weight is 388 g/mol. The molecule has 4 rings (SSSR count). The van der Waals surface area contributed by atoms with Gasteiger partial charge in [0.1, 0.15) is 26.8 Å². The van der Waals surface area contributed by atoms with E-state index in [2.05, 4.69) is 19.9 Å². The van der Waals surface area contributed by atoms with Crippen molar-refractivity contribution in [2.75, 3.05) is 0 Å². The minimum atomic E-state index is -0.204. The van der Waals surface area contributed by atoms with Crippen LogP contribution in [0.25, 0.3) is 20.4 Å². The van der Waals surface area contributed by atoms with E-state index in [0.29, 0.717) is 32.2 Å². The van der Waals surface area contributed by atoms with Crippen LogP contribution < -0.4 is 5.56 Å². The molecule has 4 heterocycles. The van der Waals surface area contributed by atoms with Crippen LogP contribution >= 0.6 is 34.4 Å². The van der Waals surface area contributed by atoms with Gasteiger partial charge in [0, 0.05) is 5.39 Å². The summed E-state index contributed by atoms with van der Waals surface area (Å²) in [6, 6.07) is 1.99. The molecule has 0 unspecified atom stereocenters. The molecule has 0 saturated carbocycles. The average Bonchev–Trinajstić information content (AvgIpc) is 3.18. The summed E-state index contributed by atoms with van der Waals surface area (Å²) in [5.74, 6) is 1.01. The first-order valence-electron chi connectivity index (χ1n) is 7.39. The normalized spacial score (nSPS) is 11.4. The number of nitrogens with zero attached hydrogens (tertiary/aromatic N) is 3. The number of aromatic nitrogens is 4. The zero-order chi connectivity index (χ0) is 17.6. The van der Waals surface area contributed by atoms with Gasteiger partial charge in [-0.3, -0.25) is 9.59 Å². The van der Waals surface area contributed by atoms with Crippen LogP contribution in [0.5, 0.6) is 0 Å². The minimum absolute atomic E-state index is 0.0448. The van der Waals surface area contributed by atoms with Crippen LogP contribution in [-0.4, -0.2) is 25.7 Å². The van der Waals surface area contributed by atoms with Crippen LogP contribution in [0.4, 0.5) is 0 Å². The van der Waals surface area contributed by atoms with E-state index in [1.165, 1.54) is 30.0 Å². The number of carbonyl (C=O) groups excluding carboxylic acids is 1. The Morgan fingerprint density at radius 1 is 1.32 bits per heavy atom. The summed E-state index contributed by atoms with van der Waals surface area (Å²) in [5, 5.41) is 4.35. The number of aryl methyl sites for hydroxylation is 1. The molecule has 0 aliphatic rings. The number of thioether (sulfide) groups is 1. The predicted molar refractivity (Wildman–Crippen MR) is 102 cm³/mol. The Hall–Kier alpha value is -2.10. The molecule has 0 aromatic carbocycles. The molecule has 0 atom stereocenters. The number of fused-ring (bicyclic) bond motifs is 2. The molecule has 1 N–H and O–H groups in total. The highest BCUT2D eigenvalue weighted by Crippen LogP contribution is 2.30. The second-order valence-corrected chi connectivity index (χ2v) is 8.27. The molecular formula is C16H12N4O2S3. The fourth-order valence-corrected chi connectivity index (χ4v) is 5.36. The summed E-state index contributed by atoms with van der Waals surface area (Å²) < 4.78 is 0. The first kappa shape index (κ1) is 16.4. The Morgan fingerprint density at radius 3 is 2.96 bits per heavy atom. The number of rotatable bonds is 4. The fraction of sp³-hybridized carbons (Fsp3) is 0.188. The summed E-state index contributed by atoms with van der Waals surface area (Å²) in [5.41, 5.74) is 0.501. The summed E-state index contributed by atoms with van der Waals surface area (Å²) in [6.45, 7) is 3.29. The number of Topliss-reactive ketones (excluding diaryl/α,β-unsaturated/α-hetero) is 1. The molecule has 0 amide bonds. The third-order valence-electron chi connectivity index (χ3n) is 3.74. The summed E-state index contributed by atoms with van der Waals surface area (Å²) in [7, 11) is 0. The van der Waals surface area contributed by atoms with Gasteiger partial charge in [0.15, 0.2) is 5.78 Å². The Balaban J connectivity index is 1.69. The van der Waals surface area contributed by atoms with Crippen molar-refractivity contribution in [1.82, 2.24) is 19.9 Å². The van der Waals surface area contributed by atoms with E-state index in [9.17, 15) is 9.59 Å². The number of thiophene rings is 2. The molecule has 4 aromatic heterocycles. The molecule has 0 spiro atoms. The third-order valence-corrected chi connectivity index (χ3v) is 6.86. The van der Waals surface area contributed by atoms with Gasteiger partial charge in [-0.1, -0.05) is 11.8 Å². The van der Waals surface area contributed by atoms with Crippen molar-refractivity contribution in [2.24, 2.45) is 0 Å². The second kappa shape index (κ2) is 6.32. The molecule has 25 heavy (non-hydrogen) atoms. The summed E-state index contributed by atoms with van der Waals surface area (Å²) in [4.78, 5) is 42.1. The maximum absolute atomic E-state index is 12.4. The Morgan fingerprint density at radius 2 is 2.16 bits per heavy atom. The lowest BCUT2D eigenvalue weighted by Gasteiger charge is -2.02. The molecule has 6 nitrogen and oxygen atoms in total. The smallest absolute Gasteiger partial charge is 0.259 e. The highest BCUT2D eigenvalue weighted by molar-refractivity contribution is 7.98. The van der Waals surface area contributed by atoms with Crippen molar-refractivity contribution in [3.8, 4) is 0 Å². The number of aromatic amines is 1. The highest BCUT2D eigenvalue weighted by Gasteiger charge is 2.17. The van der Waals surface area contributed by atoms with Gasteiger partial charge >= 0.3 is 0 Å². The quantitative estimate of drug-likeness (QED) is 0.325. The van der Waals surface area contributed by atoms with E-state index in [1.807, 2.05) is 11.4 Å². The lowest BCUT2D eigenvalue weighted by molar-refractivity contribution is 0.102. The highest BCUT2D eigenvalue weighted by atomic mass is 32.2. The van der Waals surface area contributed by atoms with Crippen LogP contribution in [0.1, 0.15) is 28.0 Å². The van der Waals surface area contributed by atoms with E-state index in [4.69, 9.17) is 0 Å². The maximum atomic E-state index is 12.4. The van der Waals surface area contributed by atoms with Crippen molar-refractivity contribution in [3.05, 3.63) is 44.4 Å². The Kier molecular flexibility index (Phi) is 4.14. The third kappa shape index (κ3) is 2.88. The van der Waals surface area contributed by atoms with Crippen LogP contribution in [0.2, 0.25) is 0 Å². The lowest BCUT2D eigenvalue weighted by atomic mass is 10.2. The number of H-pyrrole nitrogens is 1. The van der Waals surface area contributed by atoms with Gasteiger partial charge in [-0.2, -0.15) is 0 Å². The molecular weight excluding hydrogens is 376 g/mol. The first-order valence-corrected chi connectivity index (χ1v) is 10.1. The molecule has 0 aliphatic heterocycles. The fourth-order valence-electron chi connectivity index (χ4n) is 2.61. The molecule has 0 radical (unpaired) electrons. The number of carbonyl (C=O) groups is 1. The molecule has 126 valence electrons. The van der Waals surface area contributed by atoms with Gasteiger partial charge in [0.25, 0.3) is 5.56 Å². The predicted octanol–water partition coefficient (Wildman–Crippen LogP) is 3.79. The molecule has 0 aliphatic carbocycles. The van der Waals surface area contributed by atoms with E-state index in [0.717, 1.165) is 15.2 Å². The number of hydrogen-bond donors (Lipinski definition) is 1. The van der Waals surface area contributed by atoms with Crippen LogP contribution in [0.15, 0.2) is 27.6 Å². The summed E-state index contributed by atoms with van der Waals surface area (Å²) >= 11 is 4.34. The maximum Gasteiger partial charge on any atom is 0.259 e. The van der Waals surface area contributed by atoms with Crippen LogP contribution in [0, 0.1) is 6.92 Å². The number of nitrogens with one attached hydrogen (secondary N) is 1. The van der Waals surface area contributed by atoms with Crippen LogP contribution in [-0.2, 0) is 5.75 Å². The van der Waals surface area contributed by atoms with Crippen molar-refractivity contribution in [3.63, 3.8) is 0 Å². The molecule has 0 fully saturated rings. The monoisotopic (exact) mass is 388 g/mol. The first-order chi connectivity index (χ1) is 12.0. The second-order valence-electron chi connectivity index (χ2n) is 5.41. The van der Waals surface area contributed by atoms with E-state index in [-0.39, 0.29) is 11.3 Å². The van der Waals surface area contributed by atoms with Gasteiger partial charge in [0.2, 0.25) is 0 Å². The molecule has 4 aromatic rings. The van der Waals surface area contributed by atoms with Crippen molar-refractivity contribution >= 4 is 60.7 Å². The lowest BCUT2D eigenvalue weighted by Crippen LogP contribution is -2.11. The molecule has 0 bridgehead atoms. The van der Waals surface area contributed by atoms with E-state index in [1.54, 1.807) is 24.6 Å². The minimum Gasteiger partial charge on any atom is -0.309 e. The van der Waals surface area contributed by atoms with E-state index >= 15 is 0 Å². The SMILES string of the molecule is CC(=O)c1sc2nc(CSc3ncnc4sccc34)[nH]c(=O)c2c1C. The zero-order valence-electron chi connectivity index (χ0n) is 13.3. The van der Waals surface area contributed by atoms with Gasteiger partial charge in [-0.05, 0) is 30.9 Å². The summed E-state index contributed by atoms with van der Waals surface area (Å²) in [6.07, 6.45) is 1.54. The topological polar surface area (TPSA) is 88.6 Å². The van der Waals surface area contributed by atoms with Crippen molar-refractivity contribution in [1.29, 1.82) is 0 Å². The molecule has 0 saturated heterocycles. The number of hydrogen-bond acceptors (Lipinski definition) is 8. The van der Waals surface area contributed by atoms with Gasteiger partial charge in [-0.15, -0.1) is 22.7 Å². The molecule has 9 heteroatoms. The van der Waals surface area contributed by atoms with Gasteiger partial charge in [-0.25, -0.2) is 15.0 Å². The number of ketones is 1. The van der Waals surface area contributed by atoms with Crippen LogP contribution in [0.3, 0.4) is 0 Å². The van der Waals surface area contributed by atoms with Gasteiger partial charge < -0.3 is 4.98 Å². The van der Waals surface area contributed by atoms with Crippen molar-refractivity contribution in [2.45, 2.75) is 24.6 Å².